The third-order valence-corrected chi connectivity index (χ3v) is 3.28. The number of ketones is 1. The highest BCUT2D eigenvalue weighted by molar-refractivity contribution is 5.98. The third kappa shape index (κ3) is 3.78. The van der Waals surface area contributed by atoms with E-state index in [0.717, 1.165) is 19.7 Å². The van der Waals surface area contributed by atoms with E-state index in [0.29, 0.717) is 24.3 Å². The fourth-order valence-corrected chi connectivity index (χ4v) is 2.16. The van der Waals surface area contributed by atoms with Crippen molar-refractivity contribution in [3.63, 3.8) is 0 Å². The maximum absolute atomic E-state index is 11.8. The summed E-state index contributed by atoms with van der Waals surface area (Å²) in [7, 11) is 2.07. The minimum atomic E-state index is 0.0727. The Kier molecular flexibility index (Phi) is 4.93. The molecule has 1 atom stereocenters. The van der Waals surface area contributed by atoms with Gasteiger partial charge in [-0.05, 0) is 19.2 Å². The number of benzene rings is 1. The number of carbonyl (C=O) groups is 1. The molecule has 1 aromatic carbocycles. The lowest BCUT2D eigenvalue weighted by Gasteiger charge is -2.30. The zero-order valence-electron chi connectivity index (χ0n) is 11.6. The Bertz CT molecular complexity index is 433. The van der Waals surface area contributed by atoms with Crippen molar-refractivity contribution in [1.82, 2.24) is 4.90 Å². The molecule has 0 N–H and O–H groups in total. The van der Waals surface area contributed by atoms with E-state index in [1.54, 1.807) is 0 Å². The summed E-state index contributed by atoms with van der Waals surface area (Å²) in [5.74, 6) is 0.767. The second-order valence-corrected chi connectivity index (χ2v) is 4.84. The van der Waals surface area contributed by atoms with Crippen molar-refractivity contribution in [3.05, 3.63) is 29.8 Å². The number of nitrogens with zero attached hydrogens (tertiary/aromatic N) is 1. The molecule has 0 aromatic heterocycles. The fourth-order valence-electron chi connectivity index (χ4n) is 2.16. The van der Waals surface area contributed by atoms with Gasteiger partial charge in [-0.1, -0.05) is 19.1 Å². The standard InChI is InChI=1S/C15H21NO3/c1-3-14(17)13-6-4-5-7-15(13)19-11-12-10-16(2)8-9-18-12/h4-7,12H,3,8-11H2,1-2H3. The van der Waals surface area contributed by atoms with Gasteiger partial charge < -0.3 is 14.4 Å². The molecule has 0 amide bonds. The quantitative estimate of drug-likeness (QED) is 0.762. The van der Waals surface area contributed by atoms with E-state index >= 15 is 0 Å². The first-order chi connectivity index (χ1) is 9.20. The first-order valence-corrected chi connectivity index (χ1v) is 6.76. The Morgan fingerprint density at radius 1 is 1.47 bits per heavy atom. The smallest absolute Gasteiger partial charge is 0.166 e. The van der Waals surface area contributed by atoms with E-state index in [-0.39, 0.29) is 11.9 Å². The van der Waals surface area contributed by atoms with Gasteiger partial charge in [-0.25, -0.2) is 0 Å². The number of hydrogen-bond acceptors (Lipinski definition) is 4. The van der Waals surface area contributed by atoms with Gasteiger partial charge in [-0.3, -0.25) is 4.79 Å². The minimum Gasteiger partial charge on any atom is -0.490 e. The average Bonchev–Trinajstić information content (AvgIpc) is 2.45. The van der Waals surface area contributed by atoms with E-state index in [1.807, 2.05) is 31.2 Å². The molecule has 1 aliphatic rings. The van der Waals surface area contributed by atoms with Crippen LogP contribution in [0.15, 0.2) is 24.3 Å². The zero-order valence-corrected chi connectivity index (χ0v) is 11.6. The van der Waals surface area contributed by atoms with Crippen molar-refractivity contribution in [3.8, 4) is 5.75 Å². The maximum atomic E-state index is 11.8. The molecule has 2 rings (SSSR count). The van der Waals surface area contributed by atoms with Gasteiger partial charge in [0.05, 0.1) is 12.2 Å². The Hall–Kier alpha value is -1.39. The van der Waals surface area contributed by atoms with Crippen molar-refractivity contribution in [1.29, 1.82) is 0 Å². The summed E-state index contributed by atoms with van der Waals surface area (Å²) < 4.78 is 11.4. The highest BCUT2D eigenvalue weighted by atomic mass is 16.5. The van der Waals surface area contributed by atoms with Crippen LogP contribution in [0.4, 0.5) is 0 Å². The number of para-hydroxylation sites is 1. The van der Waals surface area contributed by atoms with Crippen LogP contribution < -0.4 is 4.74 Å². The van der Waals surface area contributed by atoms with Gasteiger partial charge >= 0.3 is 0 Å². The molecule has 1 unspecified atom stereocenters. The molecule has 104 valence electrons. The van der Waals surface area contributed by atoms with Crippen LogP contribution in [-0.4, -0.2) is 50.1 Å². The minimum absolute atomic E-state index is 0.0727. The Balaban J connectivity index is 1.97. The third-order valence-electron chi connectivity index (χ3n) is 3.28. The van der Waals surface area contributed by atoms with Crippen LogP contribution in [0.5, 0.6) is 5.75 Å². The number of rotatable bonds is 5. The summed E-state index contributed by atoms with van der Waals surface area (Å²) in [5, 5.41) is 0. The molecule has 1 fully saturated rings. The molecule has 0 saturated carbocycles. The Morgan fingerprint density at radius 3 is 3.00 bits per heavy atom. The summed E-state index contributed by atoms with van der Waals surface area (Å²) in [6.45, 7) is 4.90. The van der Waals surface area contributed by atoms with Crippen molar-refractivity contribution in [2.75, 3.05) is 33.4 Å². The highest BCUT2D eigenvalue weighted by Gasteiger charge is 2.19. The predicted molar refractivity (Wildman–Crippen MR) is 73.8 cm³/mol. The van der Waals surface area contributed by atoms with Crippen LogP contribution in [-0.2, 0) is 4.74 Å². The van der Waals surface area contributed by atoms with E-state index in [4.69, 9.17) is 9.47 Å². The largest absolute Gasteiger partial charge is 0.490 e. The topological polar surface area (TPSA) is 38.8 Å². The molecular weight excluding hydrogens is 242 g/mol. The number of hydrogen-bond donors (Lipinski definition) is 0. The van der Waals surface area contributed by atoms with E-state index in [9.17, 15) is 4.79 Å². The van der Waals surface area contributed by atoms with Crippen LogP contribution in [0, 0.1) is 0 Å². The molecule has 0 aliphatic carbocycles. The van der Waals surface area contributed by atoms with E-state index < -0.39 is 0 Å². The first-order valence-electron chi connectivity index (χ1n) is 6.76. The lowest BCUT2D eigenvalue weighted by Crippen LogP contribution is -2.42. The molecule has 1 aliphatic heterocycles. The lowest BCUT2D eigenvalue weighted by molar-refractivity contribution is -0.0404. The van der Waals surface area contributed by atoms with Gasteiger partial charge in [0.2, 0.25) is 0 Å². The summed E-state index contributed by atoms with van der Waals surface area (Å²) in [5.41, 5.74) is 0.661. The lowest BCUT2D eigenvalue weighted by atomic mass is 10.1. The molecule has 1 aromatic rings. The van der Waals surface area contributed by atoms with Crippen LogP contribution in [0.2, 0.25) is 0 Å². The molecule has 0 bridgehead atoms. The molecule has 4 heteroatoms. The van der Waals surface area contributed by atoms with E-state index in [1.165, 1.54) is 0 Å². The Morgan fingerprint density at radius 2 is 2.26 bits per heavy atom. The fraction of sp³-hybridized carbons (Fsp3) is 0.533. The van der Waals surface area contributed by atoms with Crippen molar-refractivity contribution < 1.29 is 14.3 Å². The number of Topliss-reactive ketones (excluding diaryl/α,β-unsaturated/α-hetero) is 1. The summed E-state index contributed by atoms with van der Waals surface area (Å²) in [6, 6.07) is 7.40. The first kappa shape index (κ1) is 14.0. The summed E-state index contributed by atoms with van der Waals surface area (Å²) >= 11 is 0. The van der Waals surface area contributed by atoms with Crippen molar-refractivity contribution in [2.24, 2.45) is 0 Å². The van der Waals surface area contributed by atoms with E-state index in [2.05, 4.69) is 11.9 Å². The summed E-state index contributed by atoms with van der Waals surface area (Å²) in [6.07, 6.45) is 0.562. The van der Waals surface area contributed by atoms with Gasteiger partial charge in [-0.2, -0.15) is 0 Å². The molecule has 0 radical (unpaired) electrons. The van der Waals surface area contributed by atoms with Crippen LogP contribution >= 0.6 is 0 Å². The van der Waals surface area contributed by atoms with Gasteiger partial charge in [-0.15, -0.1) is 0 Å². The van der Waals surface area contributed by atoms with Gasteiger partial charge in [0.25, 0.3) is 0 Å². The number of ether oxygens (including phenoxy) is 2. The van der Waals surface area contributed by atoms with Gasteiger partial charge in [0.15, 0.2) is 5.78 Å². The molecule has 4 nitrogen and oxygen atoms in total. The molecular formula is C15H21NO3. The Labute approximate surface area is 114 Å². The summed E-state index contributed by atoms with van der Waals surface area (Å²) in [4.78, 5) is 14.0. The maximum Gasteiger partial charge on any atom is 0.166 e. The van der Waals surface area contributed by atoms with Gasteiger partial charge in [0.1, 0.15) is 18.5 Å². The van der Waals surface area contributed by atoms with Gasteiger partial charge in [0, 0.05) is 19.5 Å². The average molecular weight is 263 g/mol. The second-order valence-electron chi connectivity index (χ2n) is 4.84. The number of likely N-dealkylation sites (N-methyl/N-ethyl adjacent to an activating group) is 1. The molecule has 19 heavy (non-hydrogen) atoms. The molecule has 1 heterocycles. The predicted octanol–water partition coefficient (Wildman–Crippen LogP) is 1.99. The van der Waals surface area contributed by atoms with Crippen molar-refractivity contribution >= 4 is 5.78 Å². The monoisotopic (exact) mass is 263 g/mol. The molecule has 0 spiro atoms. The van der Waals surface area contributed by atoms with Crippen LogP contribution in [0.1, 0.15) is 23.7 Å². The normalized spacial score (nSPS) is 20.2. The highest BCUT2D eigenvalue weighted by Crippen LogP contribution is 2.20. The van der Waals surface area contributed by atoms with Crippen LogP contribution in [0.25, 0.3) is 0 Å². The SMILES string of the molecule is CCC(=O)c1ccccc1OCC1CN(C)CCO1. The molecule has 1 saturated heterocycles. The number of morpholine rings is 1. The number of carbonyl (C=O) groups excluding carboxylic acids is 1. The van der Waals surface area contributed by atoms with Crippen molar-refractivity contribution in [2.45, 2.75) is 19.4 Å². The zero-order chi connectivity index (χ0) is 13.7. The van der Waals surface area contributed by atoms with Crippen LogP contribution in [0.3, 0.4) is 0 Å². The second kappa shape index (κ2) is 6.68.